The van der Waals surface area contributed by atoms with Gasteiger partial charge in [-0.2, -0.15) is 0 Å². The van der Waals surface area contributed by atoms with Crippen molar-refractivity contribution in [1.82, 2.24) is 10.4 Å². The molecule has 1 unspecified atom stereocenters. The van der Waals surface area contributed by atoms with E-state index in [9.17, 15) is 0 Å². The van der Waals surface area contributed by atoms with Gasteiger partial charge in [0.15, 0.2) is 0 Å². The Hall–Kier alpha value is -2.23. The number of benzene rings is 2. The highest BCUT2D eigenvalue weighted by Gasteiger charge is 2.17. The number of aryl methyl sites for hydroxylation is 2. The molecule has 3 heteroatoms. The van der Waals surface area contributed by atoms with Crippen LogP contribution in [0, 0.1) is 13.8 Å². The normalized spacial score (nSPS) is 12.5. The summed E-state index contributed by atoms with van der Waals surface area (Å²) in [5.74, 6) is 5.88. The number of fused-ring (bicyclic) bond motifs is 1. The Labute approximate surface area is 124 Å². The topological polar surface area (TPSA) is 50.9 Å². The van der Waals surface area contributed by atoms with Crippen molar-refractivity contribution in [3.8, 4) is 0 Å². The Bertz CT molecular complexity index is 780. The van der Waals surface area contributed by atoms with Crippen LogP contribution in [0.4, 0.5) is 0 Å². The first-order chi connectivity index (χ1) is 10.2. The fraction of sp³-hybridized carbons (Fsp3) is 0.167. The van der Waals surface area contributed by atoms with Gasteiger partial charge in [-0.15, -0.1) is 0 Å². The first-order valence-electron chi connectivity index (χ1n) is 7.08. The molecule has 2 aromatic carbocycles. The van der Waals surface area contributed by atoms with Crippen molar-refractivity contribution in [2.45, 2.75) is 19.9 Å². The summed E-state index contributed by atoms with van der Waals surface area (Å²) in [7, 11) is 0. The molecule has 0 radical (unpaired) electrons. The Kier molecular flexibility index (Phi) is 3.69. The van der Waals surface area contributed by atoms with Crippen LogP contribution in [-0.2, 0) is 0 Å². The molecule has 106 valence electrons. The summed E-state index contributed by atoms with van der Waals surface area (Å²) in [5, 5.41) is 1.13. The molecule has 3 nitrogen and oxygen atoms in total. The number of hydrogen-bond acceptors (Lipinski definition) is 3. The number of nitrogens with zero attached hydrogens (tertiary/aromatic N) is 1. The zero-order valence-corrected chi connectivity index (χ0v) is 12.3. The van der Waals surface area contributed by atoms with E-state index in [0.717, 1.165) is 22.2 Å². The van der Waals surface area contributed by atoms with Crippen LogP contribution in [0.25, 0.3) is 10.9 Å². The molecule has 0 fully saturated rings. The lowest BCUT2D eigenvalue weighted by Crippen LogP contribution is -2.29. The van der Waals surface area contributed by atoms with Crippen molar-refractivity contribution in [1.29, 1.82) is 0 Å². The van der Waals surface area contributed by atoms with E-state index >= 15 is 0 Å². The summed E-state index contributed by atoms with van der Waals surface area (Å²) in [6, 6.07) is 18.6. The lowest BCUT2D eigenvalue weighted by Gasteiger charge is -2.21. The number of pyridine rings is 1. The van der Waals surface area contributed by atoms with E-state index in [-0.39, 0.29) is 6.04 Å². The van der Waals surface area contributed by atoms with Crippen LogP contribution in [0.1, 0.15) is 28.4 Å². The van der Waals surface area contributed by atoms with Gasteiger partial charge in [-0.05, 0) is 42.7 Å². The molecule has 1 heterocycles. The minimum atomic E-state index is -0.0437. The van der Waals surface area contributed by atoms with E-state index in [1.165, 1.54) is 11.1 Å². The molecule has 3 N–H and O–H groups in total. The second kappa shape index (κ2) is 5.64. The predicted molar refractivity (Wildman–Crippen MR) is 86.8 cm³/mol. The van der Waals surface area contributed by atoms with Crippen molar-refractivity contribution in [2.24, 2.45) is 5.84 Å². The van der Waals surface area contributed by atoms with E-state index in [1.807, 2.05) is 37.3 Å². The minimum Gasteiger partial charge on any atom is -0.271 e. The average molecular weight is 277 g/mol. The zero-order valence-electron chi connectivity index (χ0n) is 12.3. The molecular formula is C18H19N3. The van der Waals surface area contributed by atoms with Crippen LogP contribution in [0.5, 0.6) is 0 Å². The van der Waals surface area contributed by atoms with E-state index in [2.05, 4.69) is 41.6 Å². The molecule has 0 saturated heterocycles. The second-order valence-electron chi connectivity index (χ2n) is 5.33. The number of nitrogens with one attached hydrogen (secondary N) is 1. The lowest BCUT2D eigenvalue weighted by molar-refractivity contribution is 0.637. The number of para-hydroxylation sites is 1. The Morgan fingerprint density at radius 3 is 2.43 bits per heavy atom. The maximum absolute atomic E-state index is 5.88. The van der Waals surface area contributed by atoms with Gasteiger partial charge in [-0.1, -0.05) is 42.5 Å². The van der Waals surface area contributed by atoms with Crippen molar-refractivity contribution in [3.63, 3.8) is 0 Å². The average Bonchev–Trinajstić information content (AvgIpc) is 2.49. The van der Waals surface area contributed by atoms with Gasteiger partial charge in [0, 0.05) is 11.1 Å². The molecule has 0 aliphatic rings. The third-order valence-corrected chi connectivity index (χ3v) is 3.85. The number of hydrogen-bond donors (Lipinski definition) is 2. The highest BCUT2D eigenvalue weighted by Crippen LogP contribution is 2.29. The lowest BCUT2D eigenvalue weighted by atomic mass is 9.93. The first-order valence-corrected chi connectivity index (χ1v) is 7.08. The standard InChI is InChI=1S/C18H19N3/c1-12-7-3-4-8-14(12)18(21-19)16-11-13(2)20-17-10-6-5-9-15(16)17/h3-11,18,21H,19H2,1-2H3. The third kappa shape index (κ3) is 2.53. The predicted octanol–water partition coefficient (Wildman–Crippen LogP) is 3.40. The molecule has 0 spiro atoms. The quantitative estimate of drug-likeness (QED) is 0.570. The van der Waals surface area contributed by atoms with Crippen molar-refractivity contribution >= 4 is 10.9 Å². The molecule has 3 rings (SSSR count). The Morgan fingerprint density at radius 1 is 0.952 bits per heavy atom. The molecule has 0 bridgehead atoms. The molecule has 21 heavy (non-hydrogen) atoms. The highest BCUT2D eigenvalue weighted by molar-refractivity contribution is 5.83. The maximum atomic E-state index is 5.88. The monoisotopic (exact) mass is 277 g/mol. The van der Waals surface area contributed by atoms with Gasteiger partial charge in [0.2, 0.25) is 0 Å². The maximum Gasteiger partial charge on any atom is 0.0719 e. The van der Waals surface area contributed by atoms with Crippen molar-refractivity contribution in [3.05, 3.63) is 77.0 Å². The van der Waals surface area contributed by atoms with Gasteiger partial charge < -0.3 is 0 Å². The summed E-state index contributed by atoms with van der Waals surface area (Å²) in [6.45, 7) is 4.12. The van der Waals surface area contributed by atoms with Gasteiger partial charge in [-0.3, -0.25) is 10.8 Å². The summed E-state index contributed by atoms with van der Waals surface area (Å²) in [5.41, 5.74) is 8.54. The second-order valence-corrected chi connectivity index (χ2v) is 5.33. The van der Waals surface area contributed by atoms with E-state index < -0.39 is 0 Å². The molecule has 0 aliphatic carbocycles. The molecule has 1 aromatic heterocycles. The fourth-order valence-electron chi connectivity index (χ4n) is 2.84. The SMILES string of the molecule is Cc1cc(C(NN)c2ccccc2C)c2ccccc2n1. The van der Waals surface area contributed by atoms with Crippen LogP contribution < -0.4 is 11.3 Å². The number of hydrazine groups is 1. The Balaban J connectivity index is 2.24. The zero-order chi connectivity index (χ0) is 14.8. The highest BCUT2D eigenvalue weighted by atomic mass is 15.2. The number of nitrogens with two attached hydrogens (primary N) is 1. The van der Waals surface area contributed by atoms with Gasteiger partial charge in [0.1, 0.15) is 0 Å². The largest absolute Gasteiger partial charge is 0.271 e. The van der Waals surface area contributed by atoms with Crippen LogP contribution >= 0.6 is 0 Å². The Morgan fingerprint density at radius 2 is 1.67 bits per heavy atom. The van der Waals surface area contributed by atoms with E-state index in [0.29, 0.717) is 0 Å². The van der Waals surface area contributed by atoms with Gasteiger partial charge in [0.05, 0.1) is 11.6 Å². The summed E-state index contributed by atoms with van der Waals surface area (Å²) < 4.78 is 0. The third-order valence-electron chi connectivity index (χ3n) is 3.85. The minimum absolute atomic E-state index is 0.0437. The molecular weight excluding hydrogens is 258 g/mol. The molecule has 0 aliphatic heterocycles. The van der Waals surface area contributed by atoms with Crippen molar-refractivity contribution < 1.29 is 0 Å². The summed E-state index contributed by atoms with van der Waals surface area (Å²) in [4.78, 5) is 4.60. The smallest absolute Gasteiger partial charge is 0.0719 e. The fourth-order valence-corrected chi connectivity index (χ4v) is 2.84. The van der Waals surface area contributed by atoms with Gasteiger partial charge in [0.25, 0.3) is 0 Å². The summed E-state index contributed by atoms with van der Waals surface area (Å²) in [6.07, 6.45) is 0. The molecule has 1 atom stereocenters. The van der Waals surface area contributed by atoms with Crippen LogP contribution in [0.3, 0.4) is 0 Å². The number of aromatic nitrogens is 1. The summed E-state index contributed by atoms with van der Waals surface area (Å²) >= 11 is 0. The van der Waals surface area contributed by atoms with Crippen LogP contribution in [-0.4, -0.2) is 4.98 Å². The molecule has 3 aromatic rings. The van der Waals surface area contributed by atoms with E-state index in [1.54, 1.807) is 0 Å². The number of rotatable bonds is 3. The molecule has 0 amide bonds. The van der Waals surface area contributed by atoms with Crippen LogP contribution in [0.2, 0.25) is 0 Å². The van der Waals surface area contributed by atoms with Gasteiger partial charge >= 0.3 is 0 Å². The first kappa shape index (κ1) is 13.7. The molecule has 0 saturated carbocycles. The van der Waals surface area contributed by atoms with Gasteiger partial charge in [-0.25, -0.2) is 5.43 Å². The van der Waals surface area contributed by atoms with Crippen molar-refractivity contribution in [2.75, 3.05) is 0 Å². The van der Waals surface area contributed by atoms with E-state index in [4.69, 9.17) is 5.84 Å². The van der Waals surface area contributed by atoms with Crippen LogP contribution in [0.15, 0.2) is 54.6 Å².